The first-order valence-corrected chi connectivity index (χ1v) is 5.05. The van der Waals surface area contributed by atoms with Crippen molar-refractivity contribution in [3.05, 3.63) is 0 Å². The highest BCUT2D eigenvalue weighted by atomic mass is 35.5. The standard InChI is InChI=1S/C10H22N2O2.2ClH/c1-5-8(11)6-7-14-9(13)12-10(2,3)4;;/h8H,5-7,11H2,1-4H3,(H,12,13);2*1H. The number of hydrogen-bond acceptors (Lipinski definition) is 3. The second-order valence-electron chi connectivity index (χ2n) is 4.47. The van der Waals surface area contributed by atoms with Crippen molar-refractivity contribution >= 4 is 30.9 Å². The molecule has 0 fully saturated rings. The molecule has 0 aromatic carbocycles. The maximum absolute atomic E-state index is 11.2. The minimum absolute atomic E-state index is 0. The summed E-state index contributed by atoms with van der Waals surface area (Å²) in [6.07, 6.45) is 1.25. The topological polar surface area (TPSA) is 64.3 Å². The van der Waals surface area contributed by atoms with Crippen LogP contribution in [0.15, 0.2) is 0 Å². The van der Waals surface area contributed by atoms with Gasteiger partial charge in [-0.15, -0.1) is 24.8 Å². The Balaban J connectivity index is -0.000000845. The molecule has 0 heterocycles. The number of amides is 1. The van der Waals surface area contributed by atoms with Crippen LogP contribution in [0.1, 0.15) is 40.5 Å². The van der Waals surface area contributed by atoms with Crippen LogP contribution in [0.3, 0.4) is 0 Å². The molecule has 1 amide bonds. The van der Waals surface area contributed by atoms with Gasteiger partial charge in [-0.05, 0) is 33.6 Å². The van der Waals surface area contributed by atoms with Crippen LogP contribution < -0.4 is 11.1 Å². The van der Waals surface area contributed by atoms with Gasteiger partial charge in [-0.3, -0.25) is 0 Å². The van der Waals surface area contributed by atoms with Crippen LogP contribution in [0.5, 0.6) is 0 Å². The number of nitrogens with two attached hydrogens (primary N) is 1. The molecular formula is C10H24Cl2N2O2. The van der Waals surface area contributed by atoms with Gasteiger partial charge in [0.05, 0.1) is 6.61 Å². The fraction of sp³-hybridized carbons (Fsp3) is 0.900. The van der Waals surface area contributed by atoms with Crippen molar-refractivity contribution in [2.24, 2.45) is 5.73 Å². The number of nitrogens with one attached hydrogen (secondary N) is 1. The van der Waals surface area contributed by atoms with E-state index >= 15 is 0 Å². The van der Waals surface area contributed by atoms with E-state index in [4.69, 9.17) is 10.5 Å². The molecule has 6 heteroatoms. The summed E-state index contributed by atoms with van der Waals surface area (Å²) in [5.41, 5.74) is 5.43. The second-order valence-corrected chi connectivity index (χ2v) is 4.47. The van der Waals surface area contributed by atoms with Crippen LogP contribution in [0, 0.1) is 0 Å². The zero-order valence-electron chi connectivity index (χ0n) is 10.4. The molecule has 0 bridgehead atoms. The predicted molar refractivity (Wildman–Crippen MR) is 71.6 cm³/mol. The van der Waals surface area contributed by atoms with Crippen LogP contribution in [0.4, 0.5) is 4.79 Å². The fourth-order valence-corrected chi connectivity index (χ4v) is 0.849. The molecule has 1 unspecified atom stereocenters. The Labute approximate surface area is 110 Å². The molecule has 0 aliphatic carbocycles. The van der Waals surface area contributed by atoms with E-state index in [0.29, 0.717) is 13.0 Å². The highest BCUT2D eigenvalue weighted by molar-refractivity contribution is 5.85. The van der Waals surface area contributed by atoms with E-state index in [1.54, 1.807) is 0 Å². The lowest BCUT2D eigenvalue weighted by Crippen LogP contribution is -2.41. The van der Waals surface area contributed by atoms with Crippen molar-refractivity contribution in [1.82, 2.24) is 5.32 Å². The molecule has 16 heavy (non-hydrogen) atoms. The average Bonchev–Trinajstić information content (AvgIpc) is 2.00. The summed E-state index contributed by atoms with van der Waals surface area (Å²) in [7, 11) is 0. The third-order valence-electron chi connectivity index (χ3n) is 1.72. The van der Waals surface area contributed by atoms with Crippen LogP contribution in [-0.2, 0) is 4.74 Å². The molecule has 0 aliphatic rings. The minimum Gasteiger partial charge on any atom is -0.449 e. The van der Waals surface area contributed by atoms with E-state index in [9.17, 15) is 4.79 Å². The summed E-state index contributed by atoms with van der Waals surface area (Å²) >= 11 is 0. The SMILES string of the molecule is CCC(N)CCOC(=O)NC(C)(C)C.Cl.Cl. The highest BCUT2D eigenvalue weighted by Crippen LogP contribution is 2.00. The van der Waals surface area contributed by atoms with Gasteiger partial charge in [-0.2, -0.15) is 0 Å². The Bertz CT molecular complexity index is 184. The van der Waals surface area contributed by atoms with Crippen LogP contribution in [-0.4, -0.2) is 24.3 Å². The monoisotopic (exact) mass is 274 g/mol. The van der Waals surface area contributed by atoms with E-state index in [1.165, 1.54) is 0 Å². The largest absolute Gasteiger partial charge is 0.449 e. The van der Waals surface area contributed by atoms with Crippen molar-refractivity contribution in [2.75, 3.05) is 6.61 Å². The molecule has 3 N–H and O–H groups in total. The van der Waals surface area contributed by atoms with Gasteiger partial charge < -0.3 is 15.8 Å². The summed E-state index contributed by atoms with van der Waals surface area (Å²) in [4.78, 5) is 11.2. The summed E-state index contributed by atoms with van der Waals surface area (Å²) in [6.45, 7) is 8.13. The van der Waals surface area contributed by atoms with Crippen molar-refractivity contribution in [3.8, 4) is 0 Å². The summed E-state index contributed by atoms with van der Waals surface area (Å²) < 4.78 is 4.96. The average molecular weight is 275 g/mol. The lowest BCUT2D eigenvalue weighted by Gasteiger charge is -2.20. The van der Waals surface area contributed by atoms with E-state index in [2.05, 4.69) is 5.32 Å². The molecule has 0 saturated carbocycles. The third-order valence-corrected chi connectivity index (χ3v) is 1.72. The normalized spacial score (nSPS) is 11.8. The van der Waals surface area contributed by atoms with E-state index in [1.807, 2.05) is 27.7 Å². The van der Waals surface area contributed by atoms with Gasteiger partial charge in [-0.25, -0.2) is 4.79 Å². The summed E-state index contributed by atoms with van der Waals surface area (Å²) in [5.74, 6) is 0. The second kappa shape index (κ2) is 10.00. The number of rotatable bonds is 4. The number of hydrogen-bond donors (Lipinski definition) is 2. The first-order chi connectivity index (χ1) is 6.35. The van der Waals surface area contributed by atoms with Crippen LogP contribution >= 0.6 is 24.8 Å². The van der Waals surface area contributed by atoms with Crippen molar-refractivity contribution in [1.29, 1.82) is 0 Å². The molecule has 0 aromatic heterocycles. The molecule has 1 atom stereocenters. The lowest BCUT2D eigenvalue weighted by atomic mass is 10.1. The van der Waals surface area contributed by atoms with Gasteiger partial charge in [-0.1, -0.05) is 6.92 Å². The van der Waals surface area contributed by atoms with E-state index in [-0.39, 0.29) is 42.5 Å². The Morgan fingerprint density at radius 2 is 1.88 bits per heavy atom. The maximum Gasteiger partial charge on any atom is 0.407 e. The molecule has 0 rings (SSSR count). The molecule has 0 radical (unpaired) electrons. The predicted octanol–water partition coefficient (Wildman–Crippen LogP) is 2.48. The van der Waals surface area contributed by atoms with Gasteiger partial charge in [0.15, 0.2) is 0 Å². The van der Waals surface area contributed by atoms with Crippen molar-refractivity contribution < 1.29 is 9.53 Å². The molecule has 0 spiro atoms. The molecule has 100 valence electrons. The number of carbonyl (C=O) groups excluding carboxylic acids is 1. The molecule has 0 saturated heterocycles. The van der Waals surface area contributed by atoms with E-state index in [0.717, 1.165) is 6.42 Å². The summed E-state index contributed by atoms with van der Waals surface area (Å²) in [5, 5.41) is 2.71. The molecule has 0 aliphatic heterocycles. The van der Waals surface area contributed by atoms with Crippen molar-refractivity contribution in [2.45, 2.75) is 52.1 Å². The van der Waals surface area contributed by atoms with Gasteiger partial charge in [0.2, 0.25) is 0 Å². The fourth-order valence-electron chi connectivity index (χ4n) is 0.849. The van der Waals surface area contributed by atoms with Crippen LogP contribution in [0.25, 0.3) is 0 Å². The first-order valence-electron chi connectivity index (χ1n) is 5.05. The van der Waals surface area contributed by atoms with Gasteiger partial charge >= 0.3 is 6.09 Å². The number of alkyl carbamates (subject to hydrolysis) is 1. The quantitative estimate of drug-likeness (QED) is 0.828. The molecule has 4 nitrogen and oxygen atoms in total. The first kappa shape index (κ1) is 21.1. The lowest BCUT2D eigenvalue weighted by molar-refractivity contribution is 0.134. The zero-order valence-corrected chi connectivity index (χ0v) is 12.0. The summed E-state index contributed by atoms with van der Waals surface area (Å²) in [6, 6.07) is 0.123. The minimum atomic E-state index is -0.374. The molecule has 0 aromatic rings. The Morgan fingerprint density at radius 3 is 2.25 bits per heavy atom. The van der Waals surface area contributed by atoms with Gasteiger partial charge in [0.25, 0.3) is 0 Å². The number of carbonyl (C=O) groups is 1. The van der Waals surface area contributed by atoms with Gasteiger partial charge in [0.1, 0.15) is 0 Å². The van der Waals surface area contributed by atoms with Crippen molar-refractivity contribution in [3.63, 3.8) is 0 Å². The molecular weight excluding hydrogens is 251 g/mol. The van der Waals surface area contributed by atoms with Crippen LogP contribution in [0.2, 0.25) is 0 Å². The van der Waals surface area contributed by atoms with Gasteiger partial charge in [0, 0.05) is 11.6 Å². The zero-order chi connectivity index (χ0) is 11.2. The maximum atomic E-state index is 11.2. The Morgan fingerprint density at radius 1 is 1.38 bits per heavy atom. The Kier molecular flexibility index (Phi) is 13.2. The Hall–Kier alpha value is -0.190. The highest BCUT2D eigenvalue weighted by Gasteiger charge is 2.14. The number of ether oxygens (including phenoxy) is 1. The number of halogens is 2. The van der Waals surface area contributed by atoms with E-state index < -0.39 is 0 Å². The smallest absolute Gasteiger partial charge is 0.407 e. The third kappa shape index (κ3) is 13.8.